The lowest BCUT2D eigenvalue weighted by Gasteiger charge is -2.04. The number of rotatable bonds is 1. The molecule has 0 aliphatic rings. The molecule has 0 unspecified atom stereocenters. The molecular weight excluding hydrogens is 212 g/mol. The van der Waals surface area contributed by atoms with E-state index in [4.69, 9.17) is 5.73 Å². The molecule has 0 spiro atoms. The Morgan fingerprint density at radius 3 is 2.59 bits per heavy atom. The summed E-state index contributed by atoms with van der Waals surface area (Å²) >= 11 is 0. The molecule has 82 valence electrons. The molecule has 1 aromatic heterocycles. The number of aromatic nitrogens is 1. The minimum absolute atomic E-state index is 0.300. The van der Waals surface area contributed by atoms with E-state index < -0.39 is 5.91 Å². The molecular formula is C14H10N2O. The Bertz CT molecular complexity index is 734. The van der Waals surface area contributed by atoms with E-state index in [0.717, 1.165) is 21.5 Å². The first-order valence-corrected chi connectivity index (χ1v) is 5.33. The lowest BCUT2D eigenvalue weighted by Crippen LogP contribution is -2.12. The van der Waals surface area contributed by atoms with Crippen molar-refractivity contribution in [3.05, 3.63) is 54.4 Å². The van der Waals surface area contributed by atoms with Gasteiger partial charge in [-0.05, 0) is 22.2 Å². The Labute approximate surface area is 97.9 Å². The molecule has 3 nitrogen and oxygen atoms in total. The van der Waals surface area contributed by atoms with Crippen molar-refractivity contribution in [2.75, 3.05) is 0 Å². The van der Waals surface area contributed by atoms with Crippen LogP contribution in [0.2, 0.25) is 0 Å². The zero-order valence-corrected chi connectivity index (χ0v) is 9.05. The molecule has 1 amide bonds. The zero-order valence-electron chi connectivity index (χ0n) is 9.05. The van der Waals surface area contributed by atoms with Crippen molar-refractivity contribution in [2.24, 2.45) is 5.73 Å². The monoisotopic (exact) mass is 222 g/mol. The summed E-state index contributed by atoms with van der Waals surface area (Å²) in [6.07, 6.45) is 1.68. The van der Waals surface area contributed by atoms with Gasteiger partial charge >= 0.3 is 0 Å². The highest BCUT2D eigenvalue weighted by atomic mass is 16.1. The first kappa shape index (κ1) is 9.78. The Balaban J connectivity index is 2.46. The molecule has 0 fully saturated rings. The van der Waals surface area contributed by atoms with Gasteiger partial charge in [-0.2, -0.15) is 0 Å². The number of carbonyl (C=O) groups is 1. The van der Waals surface area contributed by atoms with Crippen LogP contribution in [-0.4, -0.2) is 10.9 Å². The van der Waals surface area contributed by atoms with Crippen LogP contribution in [0.3, 0.4) is 0 Å². The second-order valence-electron chi connectivity index (χ2n) is 3.94. The fourth-order valence-corrected chi connectivity index (χ4v) is 2.03. The first-order valence-electron chi connectivity index (χ1n) is 5.33. The molecule has 0 radical (unpaired) electrons. The summed E-state index contributed by atoms with van der Waals surface area (Å²) in [4.78, 5) is 15.2. The average Bonchev–Trinajstić information content (AvgIpc) is 2.38. The number of hydrogen-bond acceptors (Lipinski definition) is 2. The summed E-state index contributed by atoms with van der Waals surface area (Å²) < 4.78 is 0. The van der Waals surface area contributed by atoms with Gasteiger partial charge in [-0.1, -0.05) is 36.4 Å². The van der Waals surface area contributed by atoms with E-state index in [0.29, 0.717) is 5.69 Å². The van der Waals surface area contributed by atoms with E-state index in [1.807, 2.05) is 36.4 Å². The van der Waals surface area contributed by atoms with Gasteiger partial charge in [0.25, 0.3) is 5.91 Å². The minimum Gasteiger partial charge on any atom is -0.364 e. The highest BCUT2D eigenvalue weighted by Crippen LogP contribution is 2.24. The molecule has 0 bridgehead atoms. The van der Waals surface area contributed by atoms with Crippen molar-refractivity contribution in [3.8, 4) is 0 Å². The van der Waals surface area contributed by atoms with Crippen LogP contribution < -0.4 is 5.73 Å². The number of fused-ring (bicyclic) bond motifs is 3. The molecule has 0 saturated heterocycles. The third-order valence-corrected chi connectivity index (χ3v) is 2.88. The van der Waals surface area contributed by atoms with Crippen molar-refractivity contribution in [3.63, 3.8) is 0 Å². The van der Waals surface area contributed by atoms with E-state index >= 15 is 0 Å². The van der Waals surface area contributed by atoms with E-state index in [-0.39, 0.29) is 0 Å². The SMILES string of the molecule is NC(=O)c1cc2c(ccc3ccccc32)cn1. The van der Waals surface area contributed by atoms with Crippen molar-refractivity contribution < 1.29 is 4.79 Å². The zero-order chi connectivity index (χ0) is 11.8. The molecule has 3 rings (SSSR count). The van der Waals surface area contributed by atoms with Gasteiger partial charge in [0.2, 0.25) is 0 Å². The van der Waals surface area contributed by atoms with Gasteiger partial charge in [-0.25, -0.2) is 0 Å². The number of carbonyl (C=O) groups excluding carboxylic acids is 1. The van der Waals surface area contributed by atoms with Crippen molar-refractivity contribution in [1.82, 2.24) is 4.98 Å². The van der Waals surface area contributed by atoms with E-state index in [1.54, 1.807) is 12.3 Å². The maximum Gasteiger partial charge on any atom is 0.267 e. The van der Waals surface area contributed by atoms with Crippen LogP contribution in [0.1, 0.15) is 10.5 Å². The van der Waals surface area contributed by atoms with Crippen LogP contribution in [-0.2, 0) is 0 Å². The Kier molecular flexibility index (Phi) is 2.05. The highest BCUT2D eigenvalue weighted by Gasteiger charge is 2.05. The fourth-order valence-electron chi connectivity index (χ4n) is 2.03. The number of pyridine rings is 1. The predicted octanol–water partition coefficient (Wildman–Crippen LogP) is 2.49. The maximum atomic E-state index is 11.1. The maximum absolute atomic E-state index is 11.1. The van der Waals surface area contributed by atoms with Crippen molar-refractivity contribution in [1.29, 1.82) is 0 Å². The second-order valence-corrected chi connectivity index (χ2v) is 3.94. The molecule has 0 saturated carbocycles. The average molecular weight is 222 g/mol. The molecule has 3 aromatic rings. The Hall–Kier alpha value is -2.42. The Morgan fingerprint density at radius 2 is 1.76 bits per heavy atom. The predicted molar refractivity (Wildman–Crippen MR) is 67.8 cm³/mol. The number of nitrogens with zero attached hydrogens (tertiary/aromatic N) is 1. The molecule has 3 heteroatoms. The Morgan fingerprint density at radius 1 is 1.00 bits per heavy atom. The number of nitrogens with two attached hydrogens (primary N) is 1. The summed E-state index contributed by atoms with van der Waals surface area (Å²) in [7, 11) is 0. The highest BCUT2D eigenvalue weighted by molar-refractivity contribution is 6.09. The molecule has 0 aliphatic carbocycles. The topological polar surface area (TPSA) is 56.0 Å². The van der Waals surface area contributed by atoms with Crippen LogP contribution in [0, 0.1) is 0 Å². The summed E-state index contributed by atoms with van der Waals surface area (Å²) in [6.45, 7) is 0. The molecule has 17 heavy (non-hydrogen) atoms. The smallest absolute Gasteiger partial charge is 0.267 e. The van der Waals surface area contributed by atoms with E-state index in [9.17, 15) is 4.79 Å². The van der Waals surface area contributed by atoms with Gasteiger partial charge in [-0.15, -0.1) is 0 Å². The largest absolute Gasteiger partial charge is 0.364 e. The molecule has 1 heterocycles. The second kappa shape index (κ2) is 3.56. The lowest BCUT2D eigenvalue weighted by molar-refractivity contribution is 0.0996. The van der Waals surface area contributed by atoms with E-state index in [1.165, 1.54) is 0 Å². The van der Waals surface area contributed by atoms with Crippen LogP contribution in [0.25, 0.3) is 21.5 Å². The van der Waals surface area contributed by atoms with Crippen LogP contribution in [0.4, 0.5) is 0 Å². The van der Waals surface area contributed by atoms with Gasteiger partial charge in [0.15, 0.2) is 0 Å². The van der Waals surface area contributed by atoms with E-state index in [2.05, 4.69) is 4.98 Å². The van der Waals surface area contributed by atoms with Gasteiger partial charge in [-0.3, -0.25) is 9.78 Å². The summed E-state index contributed by atoms with van der Waals surface area (Å²) in [5.41, 5.74) is 5.55. The van der Waals surface area contributed by atoms with Crippen LogP contribution >= 0.6 is 0 Å². The first-order chi connectivity index (χ1) is 8.25. The minimum atomic E-state index is -0.500. The number of hydrogen-bond donors (Lipinski definition) is 1. The number of amides is 1. The summed E-state index contributed by atoms with van der Waals surface area (Å²) in [5, 5.41) is 4.26. The molecule has 0 atom stereocenters. The van der Waals surface area contributed by atoms with Crippen molar-refractivity contribution in [2.45, 2.75) is 0 Å². The molecule has 2 aromatic carbocycles. The molecule has 2 N–H and O–H groups in total. The van der Waals surface area contributed by atoms with Crippen LogP contribution in [0.5, 0.6) is 0 Å². The summed E-state index contributed by atoms with van der Waals surface area (Å²) in [6, 6.07) is 13.8. The van der Waals surface area contributed by atoms with Gasteiger partial charge in [0.1, 0.15) is 5.69 Å². The number of benzene rings is 2. The number of primary amides is 1. The normalized spacial score (nSPS) is 10.8. The lowest BCUT2D eigenvalue weighted by atomic mass is 10.0. The van der Waals surface area contributed by atoms with Gasteiger partial charge in [0.05, 0.1) is 0 Å². The molecule has 0 aliphatic heterocycles. The van der Waals surface area contributed by atoms with Crippen molar-refractivity contribution >= 4 is 27.5 Å². The third-order valence-electron chi connectivity index (χ3n) is 2.88. The quantitative estimate of drug-likeness (QED) is 0.643. The van der Waals surface area contributed by atoms with Gasteiger partial charge < -0.3 is 5.73 Å². The summed E-state index contributed by atoms with van der Waals surface area (Å²) in [5.74, 6) is -0.500. The van der Waals surface area contributed by atoms with Gasteiger partial charge in [0, 0.05) is 11.6 Å². The third kappa shape index (κ3) is 1.52. The fraction of sp³-hybridized carbons (Fsp3) is 0. The standard InChI is InChI=1S/C14H10N2O/c15-14(17)13-7-12-10(8-16-13)6-5-9-3-1-2-4-11(9)12/h1-8H,(H2,15,17). The van der Waals surface area contributed by atoms with Crippen LogP contribution in [0.15, 0.2) is 48.7 Å².